The molecule has 3 aromatic rings. The van der Waals surface area contributed by atoms with Crippen molar-refractivity contribution in [1.29, 1.82) is 0 Å². The smallest absolute Gasteiger partial charge is 0.423 e. The maximum atomic E-state index is 15.1. The van der Waals surface area contributed by atoms with E-state index in [1.165, 1.54) is 14.2 Å². The lowest BCUT2D eigenvalue weighted by atomic mass is 9.50. The van der Waals surface area contributed by atoms with Gasteiger partial charge in [0.25, 0.3) is 11.8 Å². The zero-order valence-corrected chi connectivity index (χ0v) is 28.5. The Kier molecular flexibility index (Phi) is 8.40. The van der Waals surface area contributed by atoms with Gasteiger partial charge in [-0.2, -0.15) is 9.91 Å². The van der Waals surface area contributed by atoms with Crippen LogP contribution < -0.4 is 14.9 Å². The van der Waals surface area contributed by atoms with Gasteiger partial charge in [0.15, 0.2) is 11.5 Å². The Morgan fingerprint density at radius 1 is 0.902 bits per heavy atom. The average Bonchev–Trinajstić information content (AvgIpc) is 3.53. The van der Waals surface area contributed by atoms with Crippen LogP contribution in [0.5, 0.6) is 17.2 Å². The average molecular weight is 692 g/mol. The van der Waals surface area contributed by atoms with E-state index in [4.69, 9.17) is 14.2 Å². The highest BCUT2D eigenvalue weighted by molar-refractivity contribution is 6.16. The Hall–Kier alpha value is -5.91. The van der Waals surface area contributed by atoms with Gasteiger partial charge in [0.2, 0.25) is 17.6 Å². The summed E-state index contributed by atoms with van der Waals surface area (Å²) in [7, 11) is 3.94. The molecule has 7 rings (SSSR count). The van der Waals surface area contributed by atoms with Crippen molar-refractivity contribution in [2.45, 2.75) is 25.2 Å². The molecule has 3 fully saturated rings. The predicted molar refractivity (Wildman–Crippen MR) is 184 cm³/mol. The topological polar surface area (TPSA) is 152 Å². The number of aryl methyl sites for hydroxylation is 1. The molecule has 12 nitrogen and oxygen atoms in total. The lowest BCUT2D eigenvalue weighted by Gasteiger charge is -2.49. The Balaban J connectivity index is 1.42. The molecule has 12 heteroatoms. The van der Waals surface area contributed by atoms with Crippen molar-refractivity contribution < 1.29 is 43.3 Å². The molecule has 2 N–H and O–H groups in total. The summed E-state index contributed by atoms with van der Waals surface area (Å²) >= 11 is 0. The van der Waals surface area contributed by atoms with E-state index in [1.54, 1.807) is 30.3 Å². The van der Waals surface area contributed by atoms with Gasteiger partial charge in [-0.1, -0.05) is 71.8 Å². The minimum absolute atomic E-state index is 0.0811. The van der Waals surface area contributed by atoms with Crippen LogP contribution in [-0.2, 0) is 29.3 Å². The number of ether oxygens (including phenoxy) is 3. The van der Waals surface area contributed by atoms with E-state index < -0.39 is 64.7 Å². The fourth-order valence-corrected chi connectivity index (χ4v) is 8.48. The first-order valence-corrected chi connectivity index (χ1v) is 16.6. The number of benzene rings is 3. The molecule has 0 spiro atoms. The van der Waals surface area contributed by atoms with Crippen molar-refractivity contribution in [3.63, 3.8) is 0 Å². The molecule has 2 saturated heterocycles. The quantitative estimate of drug-likeness (QED) is 0.255. The Bertz CT molecular complexity index is 1980. The number of rotatable bonds is 7. The van der Waals surface area contributed by atoms with E-state index in [0.29, 0.717) is 21.7 Å². The largest absolute Gasteiger partial charge is 0.502 e. The van der Waals surface area contributed by atoms with Crippen LogP contribution in [0.1, 0.15) is 29.5 Å². The van der Waals surface area contributed by atoms with Gasteiger partial charge in [0.05, 0.1) is 50.2 Å². The second-order valence-electron chi connectivity index (χ2n) is 13.3. The van der Waals surface area contributed by atoms with Crippen molar-refractivity contribution >= 4 is 41.5 Å². The van der Waals surface area contributed by atoms with Gasteiger partial charge in [-0.25, -0.2) is 4.79 Å². The molecule has 5 amide bonds. The number of aromatic hydroxyl groups is 1. The number of hydrogen-bond acceptors (Lipinski definition) is 10. The highest BCUT2D eigenvalue weighted by Gasteiger charge is 2.70. The number of carbonyl (C=O) groups is 5. The van der Waals surface area contributed by atoms with Gasteiger partial charge in [0, 0.05) is 5.92 Å². The fourth-order valence-electron chi connectivity index (χ4n) is 8.48. The van der Waals surface area contributed by atoms with Gasteiger partial charge < -0.3 is 19.3 Å². The van der Waals surface area contributed by atoms with Gasteiger partial charge in [-0.05, 0) is 61.1 Å². The first-order valence-electron chi connectivity index (χ1n) is 16.6. The molecule has 0 aromatic heterocycles. The number of phenols is 1. The third-order valence-corrected chi connectivity index (χ3v) is 10.8. The van der Waals surface area contributed by atoms with Crippen molar-refractivity contribution in [2.75, 3.05) is 26.8 Å². The highest BCUT2D eigenvalue weighted by Crippen LogP contribution is 2.61. The summed E-state index contributed by atoms with van der Waals surface area (Å²) in [5, 5.41) is 11.6. The first kappa shape index (κ1) is 33.6. The number of hydrogen-bond donors (Lipinski definition) is 2. The summed E-state index contributed by atoms with van der Waals surface area (Å²) in [5.74, 6) is -6.24. The summed E-state index contributed by atoms with van der Waals surface area (Å²) in [6.45, 7) is 1.93. The summed E-state index contributed by atoms with van der Waals surface area (Å²) in [4.78, 5) is 70.3. The predicted octanol–water partition coefficient (Wildman–Crippen LogP) is 5.01. The van der Waals surface area contributed by atoms with Crippen LogP contribution in [0.4, 0.5) is 10.5 Å². The van der Waals surface area contributed by atoms with Crippen LogP contribution in [-0.4, -0.2) is 66.1 Å². The van der Waals surface area contributed by atoms with Crippen LogP contribution in [0.25, 0.3) is 6.08 Å². The number of carbonyl (C=O) groups excluding carboxylic acids is 5. The number of nitrogens with zero attached hydrogens (tertiary/aromatic N) is 2. The van der Waals surface area contributed by atoms with Crippen LogP contribution in [0.15, 0.2) is 84.5 Å². The molecule has 2 aliphatic heterocycles. The van der Waals surface area contributed by atoms with Crippen molar-refractivity contribution in [2.24, 2.45) is 29.6 Å². The third kappa shape index (κ3) is 5.07. The van der Waals surface area contributed by atoms with Gasteiger partial charge in [-0.15, -0.1) is 0 Å². The van der Waals surface area contributed by atoms with Crippen LogP contribution in [0, 0.1) is 36.5 Å². The molecule has 2 aliphatic carbocycles. The fraction of sp³-hybridized carbons (Fsp3) is 0.308. The van der Waals surface area contributed by atoms with Crippen LogP contribution in [0.2, 0.25) is 0 Å². The molecule has 262 valence electrons. The number of methoxy groups -OCH3 is 3. The molecule has 4 aliphatic rings. The van der Waals surface area contributed by atoms with E-state index in [-0.39, 0.29) is 30.1 Å². The van der Waals surface area contributed by atoms with Crippen LogP contribution >= 0.6 is 0 Å². The minimum atomic E-state index is -1.46. The number of nitrogens with one attached hydrogen (secondary N) is 1. The third-order valence-electron chi connectivity index (χ3n) is 10.8. The van der Waals surface area contributed by atoms with E-state index in [9.17, 15) is 24.3 Å². The van der Waals surface area contributed by atoms with E-state index >= 15 is 4.79 Å². The Morgan fingerprint density at radius 3 is 2.20 bits per heavy atom. The number of imide groups is 4. The molecule has 6 unspecified atom stereocenters. The van der Waals surface area contributed by atoms with E-state index in [2.05, 4.69) is 5.43 Å². The van der Waals surface area contributed by atoms with Gasteiger partial charge in [0.1, 0.15) is 0 Å². The zero-order chi connectivity index (χ0) is 36.2. The van der Waals surface area contributed by atoms with Crippen molar-refractivity contribution in [3.8, 4) is 17.2 Å². The van der Waals surface area contributed by atoms with Crippen LogP contribution in [0.3, 0.4) is 0 Å². The van der Waals surface area contributed by atoms with E-state index in [1.807, 2.05) is 61.5 Å². The summed E-state index contributed by atoms with van der Waals surface area (Å²) in [6, 6.07) is 19.7. The number of hydrazine groups is 1. The maximum absolute atomic E-state index is 15.1. The zero-order valence-electron chi connectivity index (χ0n) is 28.5. The van der Waals surface area contributed by atoms with E-state index in [0.717, 1.165) is 23.3 Å². The lowest BCUT2D eigenvalue weighted by molar-refractivity contribution is -0.140. The SMILES string of the molecule is COC(=O)N1C(=O)C2CC=C3C(CC4C(=O)N(Nc5ccc(C)cc5)C(=O)C4(c4ccccc4)C3C=Cc3cc(OC)c(O)c(OC)c3)C2C1=O. The normalized spacial score (nSPS) is 26.8. The molecule has 51 heavy (non-hydrogen) atoms. The molecule has 2 heterocycles. The molecular formula is C39H37N3O9. The highest BCUT2D eigenvalue weighted by atomic mass is 16.5. The minimum Gasteiger partial charge on any atom is -0.502 e. The monoisotopic (exact) mass is 691 g/mol. The number of fused-ring (bicyclic) bond motifs is 4. The number of phenolic OH excluding ortho intramolecular Hbond substituents is 1. The first-order chi connectivity index (χ1) is 24.6. The second kappa shape index (κ2) is 12.8. The second-order valence-corrected chi connectivity index (χ2v) is 13.3. The Labute approximate surface area is 294 Å². The summed E-state index contributed by atoms with van der Waals surface area (Å²) < 4.78 is 15.6. The molecule has 6 atom stereocenters. The summed E-state index contributed by atoms with van der Waals surface area (Å²) in [6.07, 6.45) is 4.67. The Morgan fingerprint density at radius 2 is 1.57 bits per heavy atom. The standard InChI is InChI=1S/C39H37N3O9/c1-21-10-13-24(14-11-21)40-42-35(45)29-20-27-25(15-16-26-32(27)36(46)41(34(26)44)38(48)51-4)28(39(29,37(42)47)23-8-6-5-7-9-23)17-12-22-18-30(49-2)33(43)31(19-22)50-3/h5-15,17-19,26-29,32,40,43H,16,20H2,1-4H3. The van der Waals surface area contributed by atoms with Crippen molar-refractivity contribution in [1.82, 2.24) is 9.91 Å². The molecular weight excluding hydrogens is 654 g/mol. The molecule has 1 saturated carbocycles. The lowest BCUT2D eigenvalue weighted by Crippen LogP contribution is -2.54. The molecule has 0 bridgehead atoms. The number of anilines is 1. The molecule has 0 radical (unpaired) electrons. The number of allylic oxidation sites excluding steroid dienone is 3. The van der Waals surface area contributed by atoms with Crippen molar-refractivity contribution in [3.05, 3.63) is 101 Å². The molecule has 3 aromatic carbocycles. The van der Waals surface area contributed by atoms with Gasteiger partial charge in [-0.3, -0.25) is 24.6 Å². The van der Waals surface area contributed by atoms with Gasteiger partial charge >= 0.3 is 6.09 Å². The summed E-state index contributed by atoms with van der Waals surface area (Å²) in [5.41, 5.74) is 5.06. The number of likely N-dealkylation sites (tertiary alicyclic amines) is 1. The number of amides is 5. The maximum Gasteiger partial charge on any atom is 0.423 e.